The van der Waals surface area contributed by atoms with Gasteiger partial charge in [0.05, 0.1) is 11.4 Å². The first-order valence-electron chi connectivity index (χ1n) is 2.42. The molecule has 0 amide bonds. The molecule has 2 atom stereocenters. The molecule has 0 spiro atoms. The Morgan fingerprint density at radius 1 is 1.88 bits per heavy atom. The van der Waals surface area contributed by atoms with E-state index in [1.165, 1.54) is 0 Å². The molecular weight excluding hydrogens is 124 g/mol. The molecule has 0 radical (unpaired) electrons. The average Bonchev–Trinajstić information content (AvgIpc) is 1.85. The Bertz CT molecular complexity index is 125. The van der Waals surface area contributed by atoms with Gasteiger partial charge in [-0.1, -0.05) is 0 Å². The molecule has 0 bridgehead atoms. The normalized spacial score (nSPS) is 36.6. The summed E-state index contributed by atoms with van der Waals surface area (Å²) in [6.45, 7) is 3.63. The van der Waals surface area contributed by atoms with Crippen LogP contribution in [-0.2, 0) is 11.4 Å². The lowest BCUT2D eigenvalue weighted by Gasteiger charge is -2.03. The SMILES string of the molecule is CC1=NC(C)[S+]([O-])N1. The first-order chi connectivity index (χ1) is 3.70. The minimum atomic E-state index is -0.951. The zero-order chi connectivity index (χ0) is 6.15. The van der Waals surface area contributed by atoms with Crippen molar-refractivity contribution in [3.63, 3.8) is 0 Å². The second kappa shape index (κ2) is 1.95. The van der Waals surface area contributed by atoms with Gasteiger partial charge in [-0.3, -0.25) is 0 Å². The van der Waals surface area contributed by atoms with Gasteiger partial charge in [-0.05, 0) is 6.92 Å². The summed E-state index contributed by atoms with van der Waals surface area (Å²) >= 11 is -0.951. The number of amidine groups is 1. The minimum absolute atomic E-state index is 0.0602. The third-order valence-electron chi connectivity index (χ3n) is 0.934. The van der Waals surface area contributed by atoms with Gasteiger partial charge in [0.1, 0.15) is 5.84 Å². The molecule has 1 N–H and O–H groups in total. The molecule has 1 aliphatic rings. The van der Waals surface area contributed by atoms with E-state index in [0.717, 1.165) is 5.84 Å². The first-order valence-corrected chi connectivity index (χ1v) is 3.63. The first kappa shape index (κ1) is 5.91. The molecular formula is C4H8N2OS. The smallest absolute Gasteiger partial charge is 0.229 e. The van der Waals surface area contributed by atoms with Crippen LogP contribution in [0.25, 0.3) is 0 Å². The van der Waals surface area contributed by atoms with E-state index in [0.29, 0.717) is 0 Å². The molecule has 2 unspecified atom stereocenters. The predicted molar refractivity (Wildman–Crippen MR) is 33.8 cm³/mol. The largest absolute Gasteiger partial charge is 0.591 e. The van der Waals surface area contributed by atoms with Gasteiger partial charge in [0, 0.05) is 6.92 Å². The summed E-state index contributed by atoms with van der Waals surface area (Å²) < 4.78 is 13.4. The van der Waals surface area contributed by atoms with Crippen molar-refractivity contribution >= 4 is 17.2 Å². The van der Waals surface area contributed by atoms with Gasteiger partial charge in [-0.2, -0.15) is 4.72 Å². The number of nitrogens with one attached hydrogen (secondary N) is 1. The maximum atomic E-state index is 10.7. The number of rotatable bonds is 0. The van der Waals surface area contributed by atoms with Gasteiger partial charge in [-0.15, -0.1) is 0 Å². The van der Waals surface area contributed by atoms with E-state index in [1.807, 2.05) is 6.92 Å². The molecule has 0 saturated heterocycles. The second-order valence-corrected chi connectivity index (χ2v) is 3.19. The number of nitrogens with zero attached hydrogens (tertiary/aromatic N) is 1. The van der Waals surface area contributed by atoms with E-state index < -0.39 is 11.4 Å². The topological polar surface area (TPSA) is 47.5 Å². The third-order valence-corrected chi connectivity index (χ3v) is 2.16. The highest BCUT2D eigenvalue weighted by atomic mass is 32.2. The molecule has 3 nitrogen and oxygen atoms in total. The van der Waals surface area contributed by atoms with Crippen LogP contribution in [0.15, 0.2) is 4.99 Å². The van der Waals surface area contributed by atoms with Gasteiger partial charge >= 0.3 is 0 Å². The molecule has 0 aromatic carbocycles. The van der Waals surface area contributed by atoms with Gasteiger partial charge in [0.2, 0.25) is 5.37 Å². The van der Waals surface area contributed by atoms with Crippen molar-refractivity contribution < 1.29 is 4.55 Å². The average molecular weight is 132 g/mol. The highest BCUT2D eigenvalue weighted by Crippen LogP contribution is 2.06. The monoisotopic (exact) mass is 132 g/mol. The standard InChI is InChI=1S/C4H8N2OS/c1-3-5-4(2)8(7)6-3/h4H,1-2H3,(H,5,6). The van der Waals surface area contributed by atoms with E-state index in [9.17, 15) is 4.55 Å². The van der Waals surface area contributed by atoms with Gasteiger partial charge < -0.3 is 4.55 Å². The quantitative estimate of drug-likeness (QED) is 0.472. The molecule has 0 aromatic heterocycles. The van der Waals surface area contributed by atoms with E-state index in [2.05, 4.69) is 9.71 Å². The van der Waals surface area contributed by atoms with E-state index in [4.69, 9.17) is 0 Å². The highest BCUT2D eigenvalue weighted by Gasteiger charge is 2.23. The van der Waals surface area contributed by atoms with Crippen molar-refractivity contribution in [3.8, 4) is 0 Å². The summed E-state index contributed by atoms with van der Waals surface area (Å²) in [6.07, 6.45) is 0. The van der Waals surface area contributed by atoms with E-state index in [-0.39, 0.29) is 5.37 Å². The van der Waals surface area contributed by atoms with Crippen LogP contribution in [0.1, 0.15) is 13.8 Å². The Kier molecular flexibility index (Phi) is 1.44. The van der Waals surface area contributed by atoms with Crippen LogP contribution in [0.2, 0.25) is 0 Å². The van der Waals surface area contributed by atoms with Crippen LogP contribution in [0.5, 0.6) is 0 Å². The molecule has 46 valence electrons. The lowest BCUT2D eigenvalue weighted by atomic mass is 10.7. The van der Waals surface area contributed by atoms with Crippen molar-refractivity contribution in [1.29, 1.82) is 0 Å². The van der Waals surface area contributed by atoms with Crippen LogP contribution in [0, 0.1) is 0 Å². The molecule has 4 heteroatoms. The molecule has 1 rings (SSSR count). The van der Waals surface area contributed by atoms with Crippen LogP contribution >= 0.6 is 0 Å². The Morgan fingerprint density at radius 3 is 2.62 bits per heavy atom. The lowest BCUT2D eigenvalue weighted by molar-refractivity contribution is 0.585. The highest BCUT2D eigenvalue weighted by molar-refractivity contribution is 7.91. The van der Waals surface area contributed by atoms with Crippen molar-refractivity contribution in [1.82, 2.24) is 4.72 Å². The Labute approximate surface area is 51.5 Å². The maximum Gasteiger partial charge on any atom is 0.229 e. The predicted octanol–water partition coefficient (Wildman–Crippen LogP) is 0.0177. The fourth-order valence-electron chi connectivity index (χ4n) is 0.578. The molecule has 8 heavy (non-hydrogen) atoms. The van der Waals surface area contributed by atoms with Crippen LogP contribution < -0.4 is 4.72 Å². The fraction of sp³-hybridized carbons (Fsp3) is 0.750. The maximum absolute atomic E-state index is 10.7. The van der Waals surface area contributed by atoms with E-state index >= 15 is 0 Å². The van der Waals surface area contributed by atoms with Gasteiger partial charge in [-0.25, -0.2) is 4.99 Å². The summed E-state index contributed by atoms with van der Waals surface area (Å²) in [4.78, 5) is 3.98. The Morgan fingerprint density at radius 2 is 2.50 bits per heavy atom. The summed E-state index contributed by atoms with van der Waals surface area (Å²) in [6, 6.07) is 0. The molecule has 0 saturated carbocycles. The summed E-state index contributed by atoms with van der Waals surface area (Å²) in [7, 11) is 0. The molecule has 1 heterocycles. The van der Waals surface area contributed by atoms with Gasteiger partial charge in [0.25, 0.3) is 0 Å². The van der Waals surface area contributed by atoms with Crippen molar-refractivity contribution in [2.45, 2.75) is 19.2 Å². The van der Waals surface area contributed by atoms with Crippen LogP contribution in [0.3, 0.4) is 0 Å². The lowest BCUT2D eigenvalue weighted by Crippen LogP contribution is -2.25. The van der Waals surface area contributed by atoms with Gasteiger partial charge in [0.15, 0.2) is 0 Å². The Hall–Kier alpha value is -0.220. The second-order valence-electron chi connectivity index (χ2n) is 1.71. The zero-order valence-electron chi connectivity index (χ0n) is 4.84. The van der Waals surface area contributed by atoms with E-state index in [1.54, 1.807) is 6.92 Å². The van der Waals surface area contributed by atoms with Crippen LogP contribution in [-0.4, -0.2) is 15.8 Å². The van der Waals surface area contributed by atoms with Crippen molar-refractivity contribution in [2.75, 3.05) is 0 Å². The fourth-order valence-corrected chi connectivity index (χ4v) is 1.35. The molecule has 1 aliphatic heterocycles. The van der Waals surface area contributed by atoms with Crippen molar-refractivity contribution in [2.24, 2.45) is 4.99 Å². The van der Waals surface area contributed by atoms with Crippen molar-refractivity contribution in [3.05, 3.63) is 0 Å². The summed E-state index contributed by atoms with van der Waals surface area (Å²) in [5.74, 6) is 0.774. The number of hydrogen-bond donors (Lipinski definition) is 1. The molecule has 0 aliphatic carbocycles. The summed E-state index contributed by atoms with van der Waals surface area (Å²) in [5.41, 5.74) is 0. The third kappa shape index (κ3) is 0.952. The molecule has 0 fully saturated rings. The molecule has 0 aromatic rings. The number of hydrogen-bond acceptors (Lipinski definition) is 3. The zero-order valence-corrected chi connectivity index (χ0v) is 5.66. The minimum Gasteiger partial charge on any atom is -0.591 e. The van der Waals surface area contributed by atoms with Crippen LogP contribution in [0.4, 0.5) is 0 Å². The Balaban J connectivity index is 2.56. The summed E-state index contributed by atoms with van der Waals surface area (Å²) in [5, 5.41) is -0.0602. The number of aliphatic imine (C=N–C) groups is 1.